The second-order valence-corrected chi connectivity index (χ2v) is 4.29. The molecule has 0 aliphatic rings. The summed E-state index contributed by atoms with van der Waals surface area (Å²) in [5.74, 6) is 0.994. The number of benzene rings is 1. The number of aryl methyl sites for hydroxylation is 1. The highest BCUT2D eigenvalue weighted by Crippen LogP contribution is 2.24. The Morgan fingerprint density at radius 2 is 2.15 bits per heavy atom. The van der Waals surface area contributed by atoms with Crippen LogP contribution in [0.4, 0.5) is 5.69 Å². The molecule has 0 fully saturated rings. The van der Waals surface area contributed by atoms with Crippen molar-refractivity contribution >= 4 is 5.69 Å². The third-order valence-corrected chi connectivity index (χ3v) is 2.73. The number of nitrogens with zero attached hydrogens (tertiary/aromatic N) is 2. The van der Waals surface area contributed by atoms with Crippen LogP contribution in [0.5, 0.6) is 11.6 Å². The lowest BCUT2D eigenvalue weighted by Gasteiger charge is -2.07. The predicted octanol–water partition coefficient (Wildman–Crippen LogP) is 2.81. The molecule has 0 spiro atoms. The van der Waals surface area contributed by atoms with E-state index in [-0.39, 0.29) is 5.69 Å². The molecule has 2 rings (SSSR count). The summed E-state index contributed by atoms with van der Waals surface area (Å²) in [6.07, 6.45) is 0. The molecule has 1 N–H and O–H groups in total. The van der Waals surface area contributed by atoms with Gasteiger partial charge in [0.15, 0.2) is 0 Å². The zero-order chi connectivity index (χ0) is 14.5. The number of nitrogens with one attached hydrogen (secondary N) is 1. The summed E-state index contributed by atoms with van der Waals surface area (Å²) in [7, 11) is 1.87. The van der Waals surface area contributed by atoms with Crippen LogP contribution in [0.25, 0.3) is 0 Å². The second-order valence-electron chi connectivity index (χ2n) is 4.29. The number of nitro groups is 1. The van der Waals surface area contributed by atoms with Crippen LogP contribution in [-0.4, -0.2) is 17.0 Å². The lowest BCUT2D eigenvalue weighted by Crippen LogP contribution is -2.04. The van der Waals surface area contributed by atoms with Crippen molar-refractivity contribution in [3.8, 4) is 11.6 Å². The summed E-state index contributed by atoms with van der Waals surface area (Å²) in [5.41, 5.74) is 1.41. The summed E-state index contributed by atoms with van der Waals surface area (Å²) >= 11 is 0. The fourth-order valence-corrected chi connectivity index (χ4v) is 1.82. The van der Waals surface area contributed by atoms with E-state index in [1.165, 1.54) is 12.1 Å². The molecule has 0 unspecified atom stereocenters. The van der Waals surface area contributed by atoms with Crippen LogP contribution in [0.2, 0.25) is 0 Å². The molecule has 0 radical (unpaired) electrons. The number of rotatable bonds is 5. The van der Waals surface area contributed by atoms with Crippen LogP contribution in [-0.2, 0) is 6.54 Å². The van der Waals surface area contributed by atoms with Crippen molar-refractivity contribution in [3.63, 3.8) is 0 Å². The van der Waals surface area contributed by atoms with Crippen molar-refractivity contribution in [1.82, 2.24) is 10.3 Å². The number of aromatic nitrogens is 1. The largest absolute Gasteiger partial charge is 0.439 e. The van der Waals surface area contributed by atoms with Gasteiger partial charge in [-0.1, -0.05) is 12.1 Å². The van der Waals surface area contributed by atoms with Crippen LogP contribution in [0.1, 0.15) is 11.3 Å². The first-order valence-corrected chi connectivity index (χ1v) is 6.13. The van der Waals surface area contributed by atoms with E-state index >= 15 is 0 Å². The fraction of sp³-hybridized carbons (Fsp3) is 0.214. The van der Waals surface area contributed by atoms with Gasteiger partial charge in [0, 0.05) is 18.7 Å². The molecule has 0 aliphatic heterocycles. The Kier molecular flexibility index (Phi) is 4.27. The standard InChI is InChI=1S/C14H15N3O3/c1-10-13(17(18)19)6-7-14(16-10)20-12-5-3-4-11(8-12)9-15-2/h3-8,15H,9H2,1-2H3. The lowest BCUT2D eigenvalue weighted by atomic mass is 10.2. The minimum absolute atomic E-state index is 0.0127. The Labute approximate surface area is 116 Å². The Balaban J connectivity index is 2.19. The SMILES string of the molecule is CNCc1cccc(Oc2ccc([N+](=O)[O-])c(C)n2)c1. The molecule has 0 bridgehead atoms. The summed E-state index contributed by atoms with van der Waals surface area (Å²) < 4.78 is 5.62. The van der Waals surface area contributed by atoms with Crippen molar-refractivity contribution in [3.05, 3.63) is 57.8 Å². The zero-order valence-corrected chi connectivity index (χ0v) is 11.3. The Hall–Kier alpha value is -2.47. The highest BCUT2D eigenvalue weighted by Gasteiger charge is 2.12. The van der Waals surface area contributed by atoms with Gasteiger partial charge in [-0.15, -0.1) is 0 Å². The number of ether oxygens (including phenoxy) is 1. The molecule has 1 aromatic carbocycles. The molecule has 0 atom stereocenters. The zero-order valence-electron chi connectivity index (χ0n) is 11.3. The Morgan fingerprint density at radius 1 is 1.35 bits per heavy atom. The third-order valence-electron chi connectivity index (χ3n) is 2.73. The highest BCUT2D eigenvalue weighted by atomic mass is 16.6. The summed E-state index contributed by atoms with van der Waals surface area (Å²) in [4.78, 5) is 14.4. The van der Waals surface area contributed by atoms with E-state index in [9.17, 15) is 10.1 Å². The van der Waals surface area contributed by atoms with E-state index in [0.717, 1.165) is 12.1 Å². The predicted molar refractivity (Wildman–Crippen MR) is 74.9 cm³/mol. The van der Waals surface area contributed by atoms with Crippen molar-refractivity contribution in [2.24, 2.45) is 0 Å². The monoisotopic (exact) mass is 273 g/mol. The number of hydrogen-bond donors (Lipinski definition) is 1. The van der Waals surface area contributed by atoms with Gasteiger partial charge in [-0.2, -0.15) is 0 Å². The molecule has 20 heavy (non-hydrogen) atoms. The van der Waals surface area contributed by atoms with E-state index in [2.05, 4.69) is 10.3 Å². The van der Waals surface area contributed by atoms with Gasteiger partial charge in [0.25, 0.3) is 5.69 Å². The van der Waals surface area contributed by atoms with E-state index in [1.54, 1.807) is 6.92 Å². The molecule has 0 aliphatic carbocycles. The molecule has 1 heterocycles. The second kappa shape index (κ2) is 6.12. The maximum absolute atomic E-state index is 10.7. The molecule has 6 nitrogen and oxygen atoms in total. The molecule has 2 aromatic rings. The first-order valence-electron chi connectivity index (χ1n) is 6.13. The van der Waals surface area contributed by atoms with Gasteiger partial charge in [-0.3, -0.25) is 10.1 Å². The molecule has 0 saturated heterocycles. The topological polar surface area (TPSA) is 77.3 Å². The van der Waals surface area contributed by atoms with Crippen LogP contribution >= 0.6 is 0 Å². The average Bonchev–Trinajstić information content (AvgIpc) is 2.39. The van der Waals surface area contributed by atoms with E-state index in [1.807, 2.05) is 31.3 Å². The fourth-order valence-electron chi connectivity index (χ4n) is 1.82. The molecule has 0 saturated carbocycles. The maximum Gasteiger partial charge on any atom is 0.290 e. The smallest absolute Gasteiger partial charge is 0.290 e. The van der Waals surface area contributed by atoms with Crippen molar-refractivity contribution in [2.45, 2.75) is 13.5 Å². The summed E-state index contributed by atoms with van der Waals surface area (Å²) in [6.45, 7) is 2.33. The molecular formula is C14H15N3O3. The van der Waals surface area contributed by atoms with E-state index < -0.39 is 4.92 Å². The number of pyridine rings is 1. The van der Waals surface area contributed by atoms with Crippen LogP contribution in [0, 0.1) is 17.0 Å². The highest BCUT2D eigenvalue weighted by molar-refractivity contribution is 5.38. The van der Waals surface area contributed by atoms with Crippen molar-refractivity contribution in [1.29, 1.82) is 0 Å². The van der Waals surface area contributed by atoms with Crippen molar-refractivity contribution < 1.29 is 9.66 Å². The molecule has 0 amide bonds. The first kappa shape index (κ1) is 14.0. The van der Waals surface area contributed by atoms with Gasteiger partial charge in [0.1, 0.15) is 11.4 Å². The minimum atomic E-state index is -0.459. The molecule has 104 valence electrons. The van der Waals surface area contributed by atoms with E-state index in [0.29, 0.717) is 17.3 Å². The van der Waals surface area contributed by atoms with Gasteiger partial charge in [0.05, 0.1) is 4.92 Å². The lowest BCUT2D eigenvalue weighted by molar-refractivity contribution is -0.385. The maximum atomic E-state index is 10.7. The summed E-state index contributed by atoms with van der Waals surface area (Å²) in [6, 6.07) is 10.5. The third kappa shape index (κ3) is 3.30. The van der Waals surface area contributed by atoms with Gasteiger partial charge in [-0.25, -0.2) is 4.98 Å². The first-order chi connectivity index (χ1) is 9.60. The summed E-state index contributed by atoms with van der Waals surface area (Å²) in [5, 5.41) is 13.8. The van der Waals surface area contributed by atoms with Gasteiger partial charge < -0.3 is 10.1 Å². The normalized spacial score (nSPS) is 10.3. The van der Waals surface area contributed by atoms with Gasteiger partial charge >= 0.3 is 0 Å². The minimum Gasteiger partial charge on any atom is -0.439 e. The molecule has 1 aromatic heterocycles. The average molecular weight is 273 g/mol. The van der Waals surface area contributed by atoms with Gasteiger partial charge in [-0.05, 0) is 31.7 Å². The van der Waals surface area contributed by atoms with E-state index in [4.69, 9.17) is 4.74 Å². The van der Waals surface area contributed by atoms with Crippen molar-refractivity contribution in [2.75, 3.05) is 7.05 Å². The van der Waals surface area contributed by atoms with Gasteiger partial charge in [0.2, 0.25) is 5.88 Å². The quantitative estimate of drug-likeness (QED) is 0.669. The Morgan fingerprint density at radius 3 is 2.80 bits per heavy atom. The van der Waals surface area contributed by atoms with Crippen LogP contribution in [0.15, 0.2) is 36.4 Å². The molecule has 6 heteroatoms. The Bertz CT molecular complexity index is 629. The molecular weight excluding hydrogens is 258 g/mol. The van der Waals surface area contributed by atoms with Crippen LogP contribution < -0.4 is 10.1 Å². The van der Waals surface area contributed by atoms with Crippen LogP contribution in [0.3, 0.4) is 0 Å². The number of hydrogen-bond acceptors (Lipinski definition) is 5.